The molecule has 1 aliphatic heterocycles. The van der Waals surface area contributed by atoms with Gasteiger partial charge in [0.15, 0.2) is 23.1 Å². The number of hydrogen-bond donors (Lipinski definition) is 3. The summed E-state index contributed by atoms with van der Waals surface area (Å²) in [4.78, 5) is 19.8. The van der Waals surface area contributed by atoms with Gasteiger partial charge in [-0.05, 0) is 77.2 Å². The molecule has 0 bridgehead atoms. The molecular formula is C50H47Cl2N3O6. The smallest absolute Gasteiger partial charge is 0.266 e. The van der Waals surface area contributed by atoms with Crippen molar-refractivity contribution in [3.05, 3.63) is 201 Å². The Labute approximate surface area is 366 Å². The summed E-state index contributed by atoms with van der Waals surface area (Å²) in [6.07, 6.45) is 4.23. The fraction of sp³-hybridized carbons (Fsp3) is 0.200. The topological polar surface area (TPSA) is 111 Å². The van der Waals surface area contributed by atoms with E-state index in [0.29, 0.717) is 77.6 Å². The lowest BCUT2D eigenvalue weighted by molar-refractivity contribution is -0.129. The highest BCUT2D eigenvalue weighted by atomic mass is 35.5. The Balaban J connectivity index is 1.12. The summed E-state index contributed by atoms with van der Waals surface area (Å²) < 4.78 is 24.9. The summed E-state index contributed by atoms with van der Waals surface area (Å²) in [6, 6.07) is 48.1. The van der Waals surface area contributed by atoms with Crippen LogP contribution >= 0.6 is 23.2 Å². The number of nitrogens with zero attached hydrogens (tertiary/aromatic N) is 1. The van der Waals surface area contributed by atoms with Gasteiger partial charge in [0.1, 0.15) is 19.0 Å². The molecule has 11 heteroatoms. The second-order valence-electron chi connectivity index (χ2n) is 14.4. The number of ether oxygens (including phenoxy) is 4. The molecule has 7 rings (SSSR count). The van der Waals surface area contributed by atoms with E-state index in [4.69, 9.17) is 52.2 Å². The fourth-order valence-corrected chi connectivity index (χ4v) is 7.32. The molecule has 0 saturated heterocycles. The van der Waals surface area contributed by atoms with Gasteiger partial charge in [-0.2, -0.15) is 0 Å². The van der Waals surface area contributed by atoms with Gasteiger partial charge in [0.25, 0.3) is 5.91 Å². The first-order valence-corrected chi connectivity index (χ1v) is 20.9. The Morgan fingerprint density at radius 2 is 1.43 bits per heavy atom. The molecule has 0 radical (unpaired) electrons. The number of hydrogen-bond acceptors (Lipinski definition) is 8. The Bertz CT molecular complexity index is 2400. The zero-order chi connectivity index (χ0) is 42.3. The lowest BCUT2D eigenvalue weighted by Gasteiger charge is -2.30. The highest BCUT2D eigenvalue weighted by Gasteiger charge is 2.53. The predicted molar refractivity (Wildman–Crippen MR) is 241 cm³/mol. The van der Waals surface area contributed by atoms with Crippen LogP contribution in [-0.4, -0.2) is 42.2 Å². The first-order valence-electron chi connectivity index (χ1n) is 20.2. The molecule has 2 atom stereocenters. The third-order valence-corrected chi connectivity index (χ3v) is 10.6. The highest BCUT2D eigenvalue weighted by molar-refractivity contribution is 6.35. The number of carbonyl (C=O) groups excluding carboxylic acids is 1. The summed E-state index contributed by atoms with van der Waals surface area (Å²) in [5, 5.41) is 9.96. The van der Waals surface area contributed by atoms with E-state index in [-0.39, 0.29) is 18.9 Å². The van der Waals surface area contributed by atoms with Gasteiger partial charge in [0.05, 0.1) is 6.61 Å². The van der Waals surface area contributed by atoms with Crippen molar-refractivity contribution in [2.45, 2.75) is 44.1 Å². The SMILES string of the molecule is O=C(NNCCc1ccc(OCc2ccccc2)c(OCc2ccccc2)c1)[C@@]1(C/C=C/c2ccccc2)N=C(c2ccc(OCCCO)cc2)O[C@H]1c1ccc(Cl)cc1Cl. The minimum Gasteiger partial charge on any atom is -0.494 e. The largest absolute Gasteiger partial charge is 0.494 e. The quantitative estimate of drug-likeness (QED) is 0.0518. The molecule has 1 heterocycles. The van der Waals surface area contributed by atoms with E-state index in [0.717, 1.165) is 22.3 Å². The molecule has 1 amide bonds. The second kappa shape index (κ2) is 21.4. The van der Waals surface area contributed by atoms with Gasteiger partial charge in [-0.15, -0.1) is 0 Å². The molecule has 6 aromatic rings. The third-order valence-electron chi connectivity index (χ3n) is 10.0. The molecule has 9 nitrogen and oxygen atoms in total. The van der Waals surface area contributed by atoms with Gasteiger partial charge in [-0.1, -0.05) is 138 Å². The van der Waals surface area contributed by atoms with E-state index in [2.05, 4.69) is 10.9 Å². The number of aliphatic hydroxyl groups is 1. The standard InChI is InChI=1S/C50H47Cl2N3O6/c51-41-22-25-43(44(52)33-41)47-50(28-10-18-36-12-4-1-5-13-36,54-48(61-47)40-20-23-42(24-21-40)58-31-11-30-56)49(57)55-53-29-27-37-19-26-45(59-34-38-14-6-2-7-15-38)46(32-37)60-35-39-16-8-3-9-17-39/h1-10,12-26,32-33,47,53,56H,11,27-31,34-35H2,(H,55,57)/b18-10+/t47-,50-/m0/s1. The summed E-state index contributed by atoms with van der Waals surface area (Å²) in [7, 11) is 0. The van der Waals surface area contributed by atoms with Crippen LogP contribution in [0.25, 0.3) is 6.08 Å². The monoisotopic (exact) mass is 855 g/mol. The Hall–Kier alpha value is -6.10. The van der Waals surface area contributed by atoms with E-state index in [1.165, 1.54) is 0 Å². The van der Waals surface area contributed by atoms with E-state index in [1.807, 2.05) is 133 Å². The number of nitrogens with one attached hydrogen (secondary N) is 2. The van der Waals surface area contributed by atoms with Crippen LogP contribution in [0, 0.1) is 0 Å². The number of aliphatic imine (C=N–C) groups is 1. The summed E-state index contributed by atoms with van der Waals surface area (Å²) in [5.41, 5.74) is 9.89. The van der Waals surface area contributed by atoms with E-state index in [9.17, 15) is 4.79 Å². The maximum Gasteiger partial charge on any atom is 0.266 e. The summed E-state index contributed by atoms with van der Waals surface area (Å²) in [6.45, 7) is 1.60. The van der Waals surface area contributed by atoms with Gasteiger partial charge in [0.2, 0.25) is 5.90 Å². The molecule has 0 spiro atoms. The molecule has 0 aliphatic carbocycles. The molecule has 0 aromatic heterocycles. The highest BCUT2D eigenvalue weighted by Crippen LogP contribution is 2.45. The van der Waals surface area contributed by atoms with E-state index >= 15 is 0 Å². The number of hydrazine groups is 1. The van der Waals surface area contributed by atoms with Gasteiger partial charge in [-0.25, -0.2) is 10.4 Å². The van der Waals surface area contributed by atoms with Crippen molar-refractivity contribution in [1.82, 2.24) is 10.9 Å². The van der Waals surface area contributed by atoms with Crippen LogP contribution in [0.4, 0.5) is 0 Å². The zero-order valence-electron chi connectivity index (χ0n) is 33.5. The van der Waals surface area contributed by atoms with Crippen LogP contribution in [0.15, 0.2) is 163 Å². The van der Waals surface area contributed by atoms with Gasteiger partial charge >= 0.3 is 0 Å². The van der Waals surface area contributed by atoms with Crippen LogP contribution in [0.2, 0.25) is 10.0 Å². The predicted octanol–water partition coefficient (Wildman–Crippen LogP) is 10.1. The Kier molecular flexibility index (Phi) is 15.1. The zero-order valence-corrected chi connectivity index (χ0v) is 35.0. The minimum atomic E-state index is -1.49. The van der Waals surface area contributed by atoms with Crippen molar-refractivity contribution in [2.75, 3.05) is 19.8 Å². The van der Waals surface area contributed by atoms with Gasteiger partial charge in [-0.3, -0.25) is 10.2 Å². The molecule has 0 unspecified atom stereocenters. The lowest BCUT2D eigenvalue weighted by Crippen LogP contribution is -2.52. The summed E-state index contributed by atoms with van der Waals surface area (Å²) >= 11 is 13.2. The molecule has 312 valence electrons. The second-order valence-corrected chi connectivity index (χ2v) is 15.3. The van der Waals surface area contributed by atoms with Crippen molar-refractivity contribution in [3.8, 4) is 17.2 Å². The normalized spacial score (nSPS) is 15.9. The van der Waals surface area contributed by atoms with Crippen molar-refractivity contribution in [3.63, 3.8) is 0 Å². The first kappa shape index (κ1) is 43.0. The lowest BCUT2D eigenvalue weighted by atomic mass is 9.84. The van der Waals surface area contributed by atoms with Gasteiger partial charge in [0, 0.05) is 47.2 Å². The molecular weight excluding hydrogens is 809 g/mol. The average Bonchev–Trinajstić information content (AvgIpc) is 3.68. The average molecular weight is 857 g/mol. The molecule has 0 fully saturated rings. The number of rotatable bonds is 20. The Morgan fingerprint density at radius 3 is 2.10 bits per heavy atom. The van der Waals surface area contributed by atoms with Crippen LogP contribution < -0.4 is 25.1 Å². The fourth-order valence-electron chi connectivity index (χ4n) is 6.81. The number of halogens is 2. The maximum absolute atomic E-state index is 14.7. The molecule has 6 aromatic carbocycles. The first-order chi connectivity index (χ1) is 29.9. The van der Waals surface area contributed by atoms with Crippen LogP contribution in [0.5, 0.6) is 17.2 Å². The maximum atomic E-state index is 14.7. The van der Waals surface area contributed by atoms with Crippen molar-refractivity contribution < 1.29 is 28.8 Å². The summed E-state index contributed by atoms with van der Waals surface area (Å²) in [5.74, 6) is 1.77. The minimum absolute atomic E-state index is 0.0400. The number of carbonyl (C=O) groups is 1. The Morgan fingerprint density at radius 1 is 0.754 bits per heavy atom. The van der Waals surface area contributed by atoms with Crippen molar-refractivity contribution >= 4 is 41.1 Å². The van der Waals surface area contributed by atoms with Crippen LogP contribution in [0.3, 0.4) is 0 Å². The van der Waals surface area contributed by atoms with Crippen molar-refractivity contribution in [1.29, 1.82) is 0 Å². The van der Waals surface area contributed by atoms with Crippen LogP contribution in [0.1, 0.15) is 52.3 Å². The molecule has 3 N–H and O–H groups in total. The van der Waals surface area contributed by atoms with Gasteiger partial charge < -0.3 is 24.1 Å². The van der Waals surface area contributed by atoms with Crippen LogP contribution in [-0.2, 0) is 29.2 Å². The number of amides is 1. The van der Waals surface area contributed by atoms with Crippen molar-refractivity contribution in [2.24, 2.45) is 4.99 Å². The molecule has 1 aliphatic rings. The number of aliphatic hydroxyl groups excluding tert-OH is 1. The number of benzene rings is 6. The van der Waals surface area contributed by atoms with E-state index < -0.39 is 17.6 Å². The van der Waals surface area contributed by atoms with E-state index in [1.54, 1.807) is 30.3 Å². The third kappa shape index (κ3) is 11.6. The molecule has 0 saturated carbocycles. The molecule has 61 heavy (non-hydrogen) atoms.